The summed E-state index contributed by atoms with van der Waals surface area (Å²) in [5.41, 5.74) is 3.61. The Morgan fingerprint density at radius 3 is 2.65 bits per heavy atom. The Labute approximate surface area is 186 Å². The normalized spacial score (nSPS) is 11.3. The van der Waals surface area contributed by atoms with E-state index in [2.05, 4.69) is 15.1 Å². The molecule has 5 rings (SSSR count). The zero-order valence-electron chi connectivity index (χ0n) is 16.8. The molecule has 3 aromatic heterocycles. The number of hydrogen-bond donors (Lipinski definition) is 0. The molecule has 3 heterocycles. The number of rotatable bonds is 4. The highest BCUT2D eigenvalue weighted by Crippen LogP contribution is 2.36. The van der Waals surface area contributed by atoms with Crippen molar-refractivity contribution in [2.24, 2.45) is 0 Å². The quantitative estimate of drug-likeness (QED) is 0.363. The first-order chi connectivity index (χ1) is 15.0. The second kappa shape index (κ2) is 7.76. The number of halogens is 1. The van der Waals surface area contributed by atoms with Crippen LogP contribution in [-0.4, -0.2) is 19.7 Å². The number of hydrogen-bond acceptors (Lipinski definition) is 6. The molecular formula is C23H17ClN4O2S. The highest BCUT2D eigenvalue weighted by atomic mass is 35.5. The lowest BCUT2D eigenvalue weighted by atomic mass is 10.1. The third kappa shape index (κ3) is 3.56. The molecule has 0 unspecified atom stereocenters. The average molecular weight is 449 g/mol. The molecular weight excluding hydrogens is 432 g/mol. The monoisotopic (exact) mass is 448 g/mol. The number of nitrogens with zero attached hydrogens (tertiary/aromatic N) is 4. The van der Waals surface area contributed by atoms with Gasteiger partial charge in [0, 0.05) is 5.56 Å². The number of thiophene rings is 1. The summed E-state index contributed by atoms with van der Waals surface area (Å²) in [7, 11) is 0. The molecule has 31 heavy (non-hydrogen) atoms. The molecule has 0 saturated carbocycles. The van der Waals surface area contributed by atoms with Crippen LogP contribution in [-0.2, 0) is 6.54 Å². The molecule has 0 spiro atoms. The molecule has 0 aliphatic rings. The van der Waals surface area contributed by atoms with Crippen molar-refractivity contribution in [3.63, 3.8) is 0 Å². The van der Waals surface area contributed by atoms with Crippen LogP contribution in [0.25, 0.3) is 32.4 Å². The fourth-order valence-corrected chi connectivity index (χ4v) is 4.71. The van der Waals surface area contributed by atoms with E-state index in [0.717, 1.165) is 16.0 Å². The van der Waals surface area contributed by atoms with E-state index < -0.39 is 0 Å². The first kappa shape index (κ1) is 19.7. The summed E-state index contributed by atoms with van der Waals surface area (Å²) in [6.45, 7) is 4.38. The lowest BCUT2D eigenvalue weighted by Gasteiger charge is -2.06. The Morgan fingerprint density at radius 2 is 1.87 bits per heavy atom. The predicted octanol–water partition coefficient (Wildman–Crippen LogP) is 5.49. The molecule has 0 aliphatic carbocycles. The maximum absolute atomic E-state index is 13.2. The van der Waals surface area contributed by atoms with Crippen LogP contribution in [0.4, 0.5) is 0 Å². The van der Waals surface area contributed by atoms with Crippen LogP contribution in [0.2, 0.25) is 5.02 Å². The highest BCUT2D eigenvalue weighted by molar-refractivity contribution is 7.22. The molecule has 154 valence electrons. The maximum Gasteiger partial charge on any atom is 0.268 e. The number of benzene rings is 2. The van der Waals surface area contributed by atoms with Gasteiger partial charge in [-0.1, -0.05) is 58.7 Å². The van der Waals surface area contributed by atoms with Gasteiger partial charge < -0.3 is 4.52 Å². The van der Waals surface area contributed by atoms with Crippen molar-refractivity contribution in [2.45, 2.75) is 20.4 Å². The van der Waals surface area contributed by atoms with Crippen molar-refractivity contribution < 1.29 is 4.52 Å². The van der Waals surface area contributed by atoms with E-state index in [1.54, 1.807) is 17.0 Å². The van der Waals surface area contributed by atoms with Gasteiger partial charge in [0.2, 0.25) is 5.82 Å². The zero-order chi connectivity index (χ0) is 21.5. The Balaban J connectivity index is 1.55. The van der Waals surface area contributed by atoms with Gasteiger partial charge in [0.1, 0.15) is 4.83 Å². The van der Waals surface area contributed by atoms with Crippen molar-refractivity contribution in [3.05, 3.63) is 86.9 Å². The van der Waals surface area contributed by atoms with Gasteiger partial charge in [-0.05, 0) is 37.1 Å². The van der Waals surface area contributed by atoms with Crippen LogP contribution in [0.1, 0.15) is 16.7 Å². The summed E-state index contributed by atoms with van der Waals surface area (Å²) in [5.74, 6) is 0.752. The van der Waals surface area contributed by atoms with E-state index in [9.17, 15) is 4.79 Å². The van der Waals surface area contributed by atoms with Gasteiger partial charge in [-0.3, -0.25) is 9.36 Å². The smallest absolute Gasteiger partial charge is 0.268 e. The van der Waals surface area contributed by atoms with Crippen molar-refractivity contribution in [3.8, 4) is 22.2 Å². The SMILES string of the molecule is Cc1ccc(Cn2cnc3sc(-c4nc(-c5ccccc5Cl)no4)c(C)c3c2=O)cc1. The molecule has 0 radical (unpaired) electrons. The molecule has 0 atom stereocenters. The van der Waals surface area contributed by atoms with Crippen LogP contribution in [0.5, 0.6) is 0 Å². The second-order valence-electron chi connectivity index (χ2n) is 7.30. The number of aromatic nitrogens is 4. The molecule has 5 aromatic rings. The van der Waals surface area contributed by atoms with E-state index in [0.29, 0.717) is 39.1 Å². The fourth-order valence-electron chi connectivity index (χ4n) is 3.43. The minimum Gasteiger partial charge on any atom is -0.333 e. The molecule has 6 nitrogen and oxygen atoms in total. The summed E-state index contributed by atoms with van der Waals surface area (Å²) < 4.78 is 7.13. The zero-order valence-corrected chi connectivity index (χ0v) is 18.4. The Kier molecular flexibility index (Phi) is 4.92. The van der Waals surface area contributed by atoms with E-state index >= 15 is 0 Å². The minimum absolute atomic E-state index is 0.0867. The van der Waals surface area contributed by atoms with E-state index in [1.807, 2.05) is 56.3 Å². The molecule has 8 heteroatoms. The second-order valence-corrected chi connectivity index (χ2v) is 8.71. The minimum atomic E-state index is -0.0867. The van der Waals surface area contributed by atoms with E-state index in [4.69, 9.17) is 16.1 Å². The van der Waals surface area contributed by atoms with Gasteiger partial charge in [-0.25, -0.2) is 4.98 Å². The Hall–Kier alpha value is -3.29. The van der Waals surface area contributed by atoms with Gasteiger partial charge in [0.05, 0.1) is 28.2 Å². The van der Waals surface area contributed by atoms with E-state index in [1.165, 1.54) is 16.9 Å². The molecule has 0 aliphatic heterocycles. The van der Waals surface area contributed by atoms with Crippen molar-refractivity contribution >= 4 is 33.2 Å². The molecule has 0 saturated heterocycles. The van der Waals surface area contributed by atoms with Gasteiger partial charge in [-0.2, -0.15) is 4.98 Å². The summed E-state index contributed by atoms with van der Waals surface area (Å²) in [6.07, 6.45) is 1.59. The third-order valence-electron chi connectivity index (χ3n) is 5.13. The van der Waals surface area contributed by atoms with Gasteiger partial charge in [0.15, 0.2) is 0 Å². The van der Waals surface area contributed by atoms with Crippen molar-refractivity contribution in [1.82, 2.24) is 19.7 Å². The van der Waals surface area contributed by atoms with Crippen LogP contribution in [0.3, 0.4) is 0 Å². The molecule has 0 amide bonds. The highest BCUT2D eigenvalue weighted by Gasteiger charge is 2.21. The van der Waals surface area contributed by atoms with Crippen molar-refractivity contribution in [1.29, 1.82) is 0 Å². The molecule has 2 aromatic carbocycles. The summed E-state index contributed by atoms with van der Waals surface area (Å²) in [6, 6.07) is 15.4. The standard InChI is InChI=1S/C23H17ClN4O2S/c1-13-7-9-15(10-8-13)11-28-12-25-22-18(23(28)29)14(2)19(31-22)21-26-20(27-30-21)16-5-3-4-6-17(16)24/h3-10,12H,11H2,1-2H3. The van der Waals surface area contributed by atoms with Gasteiger partial charge >= 0.3 is 0 Å². The lowest BCUT2D eigenvalue weighted by molar-refractivity contribution is 0.433. The first-order valence-electron chi connectivity index (χ1n) is 9.64. The fraction of sp³-hybridized carbons (Fsp3) is 0.130. The Morgan fingerprint density at radius 1 is 1.10 bits per heavy atom. The summed E-state index contributed by atoms with van der Waals surface area (Å²) in [5, 5.41) is 5.19. The topological polar surface area (TPSA) is 73.8 Å². The molecule has 0 N–H and O–H groups in total. The van der Waals surface area contributed by atoms with Crippen LogP contribution in [0, 0.1) is 13.8 Å². The summed E-state index contributed by atoms with van der Waals surface area (Å²) >= 11 is 7.62. The van der Waals surface area contributed by atoms with Gasteiger partial charge in [0.25, 0.3) is 11.4 Å². The van der Waals surface area contributed by atoms with Crippen LogP contribution < -0.4 is 5.56 Å². The van der Waals surface area contributed by atoms with Crippen molar-refractivity contribution in [2.75, 3.05) is 0 Å². The molecule has 0 fully saturated rings. The van der Waals surface area contributed by atoms with Gasteiger partial charge in [-0.15, -0.1) is 11.3 Å². The maximum atomic E-state index is 13.2. The van der Waals surface area contributed by atoms with Crippen LogP contribution in [0.15, 0.2) is 64.2 Å². The summed E-state index contributed by atoms with van der Waals surface area (Å²) in [4.78, 5) is 23.6. The first-order valence-corrected chi connectivity index (χ1v) is 10.8. The largest absolute Gasteiger partial charge is 0.333 e. The third-order valence-corrected chi connectivity index (χ3v) is 6.64. The average Bonchev–Trinajstić information content (AvgIpc) is 3.37. The van der Waals surface area contributed by atoms with Crippen LogP contribution >= 0.6 is 22.9 Å². The number of fused-ring (bicyclic) bond motifs is 1. The van der Waals surface area contributed by atoms with E-state index in [-0.39, 0.29) is 5.56 Å². The predicted molar refractivity (Wildman–Crippen MR) is 123 cm³/mol. The molecule has 0 bridgehead atoms. The Bertz CT molecular complexity index is 1470. The lowest BCUT2D eigenvalue weighted by Crippen LogP contribution is -2.21. The number of aryl methyl sites for hydroxylation is 2.